The average molecular weight is 828 g/mol. The van der Waals surface area contributed by atoms with Gasteiger partial charge in [-0.2, -0.15) is 13.2 Å². The lowest BCUT2D eigenvalue weighted by Gasteiger charge is -2.23. The van der Waals surface area contributed by atoms with Crippen molar-refractivity contribution in [2.45, 2.75) is 53.2 Å². The number of benzene rings is 3. The summed E-state index contributed by atoms with van der Waals surface area (Å²) in [5.74, 6) is -1.38. The fourth-order valence-electron chi connectivity index (χ4n) is 4.31. The van der Waals surface area contributed by atoms with Gasteiger partial charge in [-0.1, -0.05) is 53.5 Å². The van der Waals surface area contributed by atoms with Gasteiger partial charge in [-0.25, -0.2) is 26.8 Å². The number of thiazole rings is 1. The van der Waals surface area contributed by atoms with Gasteiger partial charge in [-0.3, -0.25) is 9.59 Å². The number of sulfone groups is 2. The number of hydrogen-bond acceptors (Lipinski definition) is 9. The van der Waals surface area contributed by atoms with Crippen LogP contribution >= 0.6 is 34.5 Å². The van der Waals surface area contributed by atoms with Crippen LogP contribution in [-0.2, 0) is 35.4 Å². The van der Waals surface area contributed by atoms with Crippen molar-refractivity contribution in [2.24, 2.45) is 0 Å². The molecule has 10 nitrogen and oxygen atoms in total. The van der Waals surface area contributed by atoms with Gasteiger partial charge in [0.05, 0.1) is 9.79 Å². The predicted octanol–water partition coefficient (Wildman–Crippen LogP) is 8.60. The monoisotopic (exact) mass is 826 g/mol. The smallest absolute Gasteiger partial charge is 0.309 e. The second kappa shape index (κ2) is 15.9. The zero-order valence-electron chi connectivity index (χ0n) is 28.3. The summed E-state index contributed by atoms with van der Waals surface area (Å²) in [6, 6.07) is 24.1. The summed E-state index contributed by atoms with van der Waals surface area (Å²) in [5, 5.41) is 5.86. The topological polar surface area (TPSA) is 152 Å². The van der Waals surface area contributed by atoms with E-state index in [4.69, 9.17) is 23.2 Å². The molecule has 0 unspecified atom stereocenters. The van der Waals surface area contributed by atoms with Crippen molar-refractivity contribution in [2.75, 3.05) is 10.6 Å². The summed E-state index contributed by atoms with van der Waals surface area (Å²) in [6.45, 7) is 5.05. The minimum Gasteiger partial charge on any atom is -0.309 e. The van der Waals surface area contributed by atoms with Gasteiger partial charge in [0.15, 0.2) is 30.5 Å². The number of nitrogens with one attached hydrogen (secondary N) is 2. The molecule has 2 aromatic heterocycles. The molecule has 0 fully saturated rings. The molecule has 2 amide bonds. The third-order valence-corrected chi connectivity index (χ3v) is 13.9. The average Bonchev–Trinajstić information content (AvgIpc) is 3.59. The van der Waals surface area contributed by atoms with E-state index in [1.165, 1.54) is 62.4 Å². The van der Waals surface area contributed by atoms with E-state index in [-0.39, 0.29) is 20.7 Å². The molecule has 0 saturated carbocycles. The standard InChI is InChI=1S/C21H19ClN2O3S.C14H12ClF3N2O3S2/c1-21(2,28(26,27)18-11-9-17(22)10-12-18)20(25)24-19-13-8-16(14-23-19)15-6-4-3-5-7-15;1-13(2,25(22,23)9-5-3-8(15)4-6-9)11(21)20-12-19-10(7-24-12)14(16,17)18/h3-14H,1-2H3,(H,23,24,25);3-7H,1-2H3,(H,19,20,21). The second-order valence-corrected chi connectivity index (χ2v) is 18.9. The van der Waals surface area contributed by atoms with E-state index in [1.807, 2.05) is 36.4 Å². The Morgan fingerprint density at radius 2 is 1.13 bits per heavy atom. The molecule has 0 spiro atoms. The summed E-state index contributed by atoms with van der Waals surface area (Å²) < 4.78 is 85.1. The van der Waals surface area contributed by atoms with Crippen LogP contribution in [0.1, 0.15) is 33.4 Å². The van der Waals surface area contributed by atoms with E-state index in [1.54, 1.807) is 12.3 Å². The first-order valence-corrected chi connectivity index (χ1v) is 19.8. The Balaban J connectivity index is 0.000000238. The molecule has 5 rings (SSSR count). The molecule has 280 valence electrons. The minimum absolute atomic E-state index is 0.0319. The zero-order chi connectivity index (χ0) is 39.4. The minimum atomic E-state index is -4.65. The van der Waals surface area contributed by atoms with Crippen molar-refractivity contribution in [1.29, 1.82) is 0 Å². The summed E-state index contributed by atoms with van der Waals surface area (Å²) in [5.41, 5.74) is 0.733. The quantitative estimate of drug-likeness (QED) is 0.150. The number of aromatic nitrogens is 2. The van der Waals surface area contributed by atoms with E-state index in [9.17, 15) is 39.6 Å². The highest BCUT2D eigenvalue weighted by atomic mass is 35.5. The number of halogens is 5. The summed E-state index contributed by atoms with van der Waals surface area (Å²) >= 11 is 12.1. The Morgan fingerprint density at radius 1 is 0.660 bits per heavy atom. The number of nitrogens with zero attached hydrogens (tertiary/aromatic N) is 2. The van der Waals surface area contributed by atoms with Gasteiger partial charge in [0.1, 0.15) is 15.3 Å². The lowest BCUT2D eigenvalue weighted by atomic mass is 10.1. The molecule has 0 aliphatic carbocycles. The first kappa shape index (κ1) is 41.4. The number of alkyl halides is 3. The van der Waals surface area contributed by atoms with Crippen LogP contribution in [-0.4, -0.2) is 48.1 Å². The zero-order valence-corrected chi connectivity index (χ0v) is 32.2. The number of rotatable bonds is 9. The van der Waals surface area contributed by atoms with Crippen LogP contribution in [0, 0.1) is 0 Å². The molecule has 0 aliphatic heterocycles. The Bertz CT molecular complexity index is 2300. The molecule has 0 radical (unpaired) electrons. The number of carbonyl (C=O) groups is 2. The number of anilines is 2. The van der Waals surface area contributed by atoms with Crippen molar-refractivity contribution < 1.29 is 39.6 Å². The molecular formula is C35H31Cl2F3N4O6S3. The molecule has 0 aliphatic rings. The van der Waals surface area contributed by atoms with Gasteiger partial charge in [0.2, 0.25) is 11.8 Å². The van der Waals surface area contributed by atoms with Crippen LogP contribution in [0.2, 0.25) is 10.0 Å². The van der Waals surface area contributed by atoms with Crippen LogP contribution in [0.3, 0.4) is 0 Å². The van der Waals surface area contributed by atoms with E-state index < -0.39 is 52.9 Å². The molecular weight excluding hydrogens is 797 g/mol. The second-order valence-electron chi connectivity index (χ2n) is 12.2. The molecule has 18 heteroatoms. The molecule has 2 heterocycles. The third kappa shape index (κ3) is 9.42. The lowest BCUT2D eigenvalue weighted by molar-refractivity contribution is -0.140. The summed E-state index contributed by atoms with van der Waals surface area (Å²) in [4.78, 5) is 32.4. The highest BCUT2D eigenvalue weighted by molar-refractivity contribution is 7.94. The van der Waals surface area contributed by atoms with Gasteiger partial charge in [0.25, 0.3) is 0 Å². The first-order chi connectivity index (χ1) is 24.6. The summed E-state index contributed by atoms with van der Waals surface area (Å²) in [7, 11) is -8.04. The van der Waals surface area contributed by atoms with Crippen LogP contribution in [0.5, 0.6) is 0 Å². The SMILES string of the molecule is CC(C)(C(=O)Nc1ccc(-c2ccccc2)cn1)S(=O)(=O)c1ccc(Cl)cc1.CC(C)(C(=O)Nc1nc(C(F)(F)F)cs1)S(=O)(=O)c1ccc(Cl)cc1. The van der Waals surface area contributed by atoms with E-state index in [0.29, 0.717) is 21.4 Å². The molecule has 3 aromatic carbocycles. The maximum Gasteiger partial charge on any atom is 0.434 e. The van der Waals surface area contributed by atoms with Gasteiger partial charge in [-0.05, 0) is 93.9 Å². The molecule has 0 atom stereocenters. The van der Waals surface area contributed by atoms with Crippen molar-refractivity contribution in [3.63, 3.8) is 0 Å². The fraction of sp³-hybridized carbons (Fsp3) is 0.200. The molecule has 0 saturated heterocycles. The van der Waals surface area contributed by atoms with Gasteiger partial charge >= 0.3 is 6.18 Å². The van der Waals surface area contributed by atoms with Crippen molar-refractivity contribution in [3.05, 3.63) is 118 Å². The summed E-state index contributed by atoms with van der Waals surface area (Å²) in [6.07, 6.45) is -3.02. The highest BCUT2D eigenvalue weighted by Gasteiger charge is 2.44. The van der Waals surface area contributed by atoms with Gasteiger partial charge < -0.3 is 10.6 Å². The normalized spacial score (nSPS) is 12.3. The Hall–Kier alpha value is -4.35. The number of amides is 2. The Morgan fingerprint density at radius 3 is 1.55 bits per heavy atom. The number of pyridine rings is 1. The Labute approximate surface area is 318 Å². The van der Waals surface area contributed by atoms with Crippen molar-refractivity contribution >= 4 is 77.0 Å². The lowest BCUT2D eigenvalue weighted by Crippen LogP contribution is -2.44. The largest absolute Gasteiger partial charge is 0.434 e. The number of carbonyl (C=O) groups excluding carboxylic acids is 2. The molecule has 0 bridgehead atoms. The van der Waals surface area contributed by atoms with Gasteiger partial charge in [0, 0.05) is 27.2 Å². The van der Waals surface area contributed by atoms with Crippen molar-refractivity contribution in [1.82, 2.24) is 9.97 Å². The van der Waals surface area contributed by atoms with E-state index >= 15 is 0 Å². The van der Waals surface area contributed by atoms with E-state index in [0.717, 1.165) is 30.4 Å². The maximum absolute atomic E-state index is 12.9. The van der Waals surface area contributed by atoms with Gasteiger partial charge in [-0.15, -0.1) is 11.3 Å². The Kier molecular flexibility index (Phi) is 12.5. The fourth-order valence-corrected chi connectivity index (χ4v) is 8.03. The predicted molar refractivity (Wildman–Crippen MR) is 199 cm³/mol. The highest BCUT2D eigenvalue weighted by Crippen LogP contribution is 2.33. The first-order valence-electron chi connectivity index (χ1n) is 15.2. The molecule has 5 aromatic rings. The third-order valence-electron chi connectivity index (χ3n) is 7.81. The maximum atomic E-state index is 12.9. The number of hydrogen-bond donors (Lipinski definition) is 2. The molecule has 53 heavy (non-hydrogen) atoms. The molecule has 2 N–H and O–H groups in total. The van der Waals surface area contributed by atoms with Crippen molar-refractivity contribution in [3.8, 4) is 11.1 Å². The van der Waals surface area contributed by atoms with Crippen LogP contribution < -0.4 is 10.6 Å². The van der Waals surface area contributed by atoms with E-state index in [2.05, 4.69) is 20.6 Å². The van der Waals surface area contributed by atoms with Crippen LogP contribution in [0.4, 0.5) is 24.1 Å². The van der Waals surface area contributed by atoms with Crippen LogP contribution in [0.25, 0.3) is 11.1 Å². The van der Waals surface area contributed by atoms with Crippen LogP contribution in [0.15, 0.2) is 112 Å².